The van der Waals surface area contributed by atoms with E-state index in [9.17, 15) is 4.79 Å². The first-order valence-corrected chi connectivity index (χ1v) is 6.73. The third-order valence-corrected chi connectivity index (χ3v) is 3.51. The highest BCUT2D eigenvalue weighted by Crippen LogP contribution is 2.41. The molecule has 1 amide bonds. The number of hydrogen-bond acceptors (Lipinski definition) is 3. The van der Waals surface area contributed by atoms with Crippen molar-refractivity contribution >= 4 is 18.3 Å². The second-order valence-corrected chi connectivity index (χ2v) is 5.30. The van der Waals surface area contributed by atoms with E-state index in [0.29, 0.717) is 5.92 Å². The van der Waals surface area contributed by atoms with Crippen molar-refractivity contribution in [3.8, 4) is 0 Å². The van der Waals surface area contributed by atoms with Crippen LogP contribution in [-0.4, -0.2) is 25.7 Å². The first-order chi connectivity index (χ1) is 9.11. The molecule has 1 aliphatic carbocycles. The Morgan fingerprint density at radius 2 is 2.00 bits per heavy atom. The minimum atomic E-state index is -0.600. The lowest BCUT2D eigenvalue weighted by molar-refractivity contribution is -0.124. The molecule has 112 valence electrons. The summed E-state index contributed by atoms with van der Waals surface area (Å²) in [6, 6.07) is 7.80. The quantitative estimate of drug-likeness (QED) is 0.844. The predicted molar refractivity (Wildman–Crippen MR) is 81.9 cm³/mol. The lowest BCUT2D eigenvalue weighted by Crippen LogP contribution is -2.45. The fourth-order valence-corrected chi connectivity index (χ4v) is 2.19. The summed E-state index contributed by atoms with van der Waals surface area (Å²) in [5.74, 6) is 0.403. The van der Waals surface area contributed by atoms with Gasteiger partial charge in [0.25, 0.3) is 0 Å². The van der Waals surface area contributed by atoms with E-state index in [1.807, 2.05) is 0 Å². The van der Waals surface area contributed by atoms with Crippen LogP contribution in [0.2, 0.25) is 0 Å². The number of rotatable bonds is 6. The summed E-state index contributed by atoms with van der Waals surface area (Å²) in [4.78, 5) is 12.0. The first-order valence-electron chi connectivity index (χ1n) is 6.73. The summed E-state index contributed by atoms with van der Waals surface area (Å²) < 4.78 is 4.92. The number of benzene rings is 1. The van der Waals surface area contributed by atoms with Gasteiger partial charge < -0.3 is 15.8 Å². The molecule has 1 aliphatic rings. The number of amides is 1. The maximum Gasteiger partial charge on any atom is 0.239 e. The topological polar surface area (TPSA) is 64.3 Å². The monoisotopic (exact) mass is 298 g/mol. The van der Waals surface area contributed by atoms with Gasteiger partial charge in [-0.2, -0.15) is 0 Å². The van der Waals surface area contributed by atoms with Gasteiger partial charge in [0.15, 0.2) is 0 Å². The van der Waals surface area contributed by atoms with Crippen LogP contribution in [0.3, 0.4) is 0 Å². The maximum absolute atomic E-state index is 12.0. The Kier molecular flexibility index (Phi) is 6.46. The third kappa shape index (κ3) is 4.47. The van der Waals surface area contributed by atoms with E-state index in [0.717, 1.165) is 5.56 Å². The standard InChI is InChI=1S/C15H22N2O2.ClH/c1-10-3-5-11(6-4-10)14(12-7-8-12)17-15(18)13(16)9-19-2;/h3-6,12-14H,7-9,16H2,1-2H3,(H,17,18);1H. The van der Waals surface area contributed by atoms with Crippen molar-refractivity contribution in [1.29, 1.82) is 0 Å². The zero-order chi connectivity index (χ0) is 13.8. The lowest BCUT2D eigenvalue weighted by atomic mass is 10.0. The van der Waals surface area contributed by atoms with Crippen molar-refractivity contribution in [2.24, 2.45) is 11.7 Å². The van der Waals surface area contributed by atoms with Gasteiger partial charge in [-0.05, 0) is 31.2 Å². The van der Waals surface area contributed by atoms with Crippen LogP contribution in [0.15, 0.2) is 24.3 Å². The molecular weight excluding hydrogens is 276 g/mol. The number of aryl methyl sites for hydroxylation is 1. The Labute approximate surface area is 126 Å². The molecule has 3 N–H and O–H groups in total. The highest BCUT2D eigenvalue weighted by molar-refractivity contribution is 5.85. The first kappa shape index (κ1) is 17.0. The van der Waals surface area contributed by atoms with Crippen LogP contribution >= 0.6 is 12.4 Å². The SMILES string of the molecule is COCC(N)C(=O)NC(c1ccc(C)cc1)C1CC1.Cl. The van der Waals surface area contributed by atoms with Crippen molar-refractivity contribution in [1.82, 2.24) is 5.32 Å². The minimum Gasteiger partial charge on any atom is -0.383 e. The molecule has 0 radical (unpaired) electrons. The molecule has 20 heavy (non-hydrogen) atoms. The summed E-state index contributed by atoms with van der Waals surface area (Å²) in [6.07, 6.45) is 2.33. The number of nitrogens with two attached hydrogens (primary N) is 1. The highest BCUT2D eigenvalue weighted by atomic mass is 35.5. The van der Waals surface area contributed by atoms with Crippen LogP contribution in [0.5, 0.6) is 0 Å². The van der Waals surface area contributed by atoms with Gasteiger partial charge in [0.2, 0.25) is 5.91 Å². The summed E-state index contributed by atoms with van der Waals surface area (Å²) in [7, 11) is 1.55. The average Bonchev–Trinajstić information content (AvgIpc) is 3.21. The van der Waals surface area contributed by atoms with Crippen LogP contribution in [0.4, 0.5) is 0 Å². The summed E-state index contributed by atoms with van der Waals surface area (Å²) >= 11 is 0. The smallest absolute Gasteiger partial charge is 0.239 e. The third-order valence-electron chi connectivity index (χ3n) is 3.51. The number of carbonyl (C=O) groups excluding carboxylic acids is 1. The molecule has 0 spiro atoms. The number of hydrogen-bond donors (Lipinski definition) is 2. The number of nitrogens with one attached hydrogen (secondary N) is 1. The lowest BCUT2D eigenvalue weighted by Gasteiger charge is -2.21. The van der Waals surface area contributed by atoms with Gasteiger partial charge >= 0.3 is 0 Å². The van der Waals surface area contributed by atoms with Gasteiger partial charge in [-0.1, -0.05) is 29.8 Å². The van der Waals surface area contributed by atoms with Crippen molar-refractivity contribution in [2.75, 3.05) is 13.7 Å². The molecule has 0 aliphatic heterocycles. The molecule has 2 unspecified atom stereocenters. The number of halogens is 1. The van der Waals surface area contributed by atoms with E-state index in [2.05, 4.69) is 36.5 Å². The summed E-state index contributed by atoms with van der Waals surface area (Å²) in [5, 5.41) is 3.06. The molecule has 2 rings (SSSR count). The van der Waals surface area contributed by atoms with Crippen molar-refractivity contribution < 1.29 is 9.53 Å². The molecule has 4 nitrogen and oxygen atoms in total. The van der Waals surface area contributed by atoms with Gasteiger partial charge in [0.05, 0.1) is 12.6 Å². The van der Waals surface area contributed by atoms with Crippen LogP contribution < -0.4 is 11.1 Å². The van der Waals surface area contributed by atoms with Gasteiger partial charge in [0, 0.05) is 7.11 Å². The number of carbonyl (C=O) groups is 1. The molecule has 0 heterocycles. The van der Waals surface area contributed by atoms with E-state index in [4.69, 9.17) is 10.5 Å². The molecule has 1 saturated carbocycles. The van der Waals surface area contributed by atoms with E-state index in [1.165, 1.54) is 18.4 Å². The Morgan fingerprint density at radius 1 is 1.40 bits per heavy atom. The average molecular weight is 299 g/mol. The summed E-state index contributed by atoms with van der Waals surface area (Å²) in [6.45, 7) is 2.31. The van der Waals surface area contributed by atoms with E-state index in [1.54, 1.807) is 7.11 Å². The fraction of sp³-hybridized carbons (Fsp3) is 0.533. The second-order valence-electron chi connectivity index (χ2n) is 5.30. The maximum atomic E-state index is 12.0. The fourth-order valence-electron chi connectivity index (χ4n) is 2.19. The Bertz CT molecular complexity index is 432. The summed E-state index contributed by atoms with van der Waals surface area (Å²) in [5.41, 5.74) is 8.14. The van der Waals surface area contributed by atoms with Gasteiger partial charge in [-0.15, -0.1) is 12.4 Å². The molecule has 0 bridgehead atoms. The zero-order valence-electron chi connectivity index (χ0n) is 12.0. The van der Waals surface area contributed by atoms with Crippen molar-refractivity contribution in [3.63, 3.8) is 0 Å². The molecular formula is C15H23ClN2O2. The molecule has 1 aromatic carbocycles. The van der Waals surface area contributed by atoms with Crippen LogP contribution in [-0.2, 0) is 9.53 Å². The predicted octanol–water partition coefficient (Wildman–Crippen LogP) is 1.96. The number of methoxy groups -OCH3 is 1. The van der Waals surface area contributed by atoms with Gasteiger partial charge in [-0.25, -0.2) is 0 Å². The second kappa shape index (κ2) is 7.62. The Hall–Kier alpha value is -1.10. The van der Waals surface area contributed by atoms with Crippen molar-refractivity contribution in [2.45, 2.75) is 31.8 Å². The molecule has 0 aromatic heterocycles. The molecule has 0 saturated heterocycles. The molecule has 1 fully saturated rings. The molecule has 1 aromatic rings. The Balaban J connectivity index is 0.00000200. The molecule has 2 atom stereocenters. The zero-order valence-corrected chi connectivity index (χ0v) is 12.8. The number of ether oxygens (including phenoxy) is 1. The largest absolute Gasteiger partial charge is 0.383 e. The normalized spacial score (nSPS) is 16.9. The van der Waals surface area contributed by atoms with Crippen LogP contribution in [0, 0.1) is 12.8 Å². The van der Waals surface area contributed by atoms with Crippen LogP contribution in [0.25, 0.3) is 0 Å². The molecule has 5 heteroatoms. The van der Waals surface area contributed by atoms with E-state index in [-0.39, 0.29) is 31.0 Å². The van der Waals surface area contributed by atoms with Crippen LogP contribution in [0.1, 0.15) is 30.0 Å². The van der Waals surface area contributed by atoms with Gasteiger partial charge in [-0.3, -0.25) is 4.79 Å². The van der Waals surface area contributed by atoms with E-state index < -0.39 is 6.04 Å². The highest BCUT2D eigenvalue weighted by Gasteiger charge is 2.34. The van der Waals surface area contributed by atoms with Crippen molar-refractivity contribution in [3.05, 3.63) is 35.4 Å². The van der Waals surface area contributed by atoms with Gasteiger partial charge in [0.1, 0.15) is 6.04 Å². The Morgan fingerprint density at radius 3 is 2.50 bits per heavy atom. The minimum absolute atomic E-state index is 0. The van der Waals surface area contributed by atoms with E-state index >= 15 is 0 Å².